The molecule has 0 fully saturated rings. The summed E-state index contributed by atoms with van der Waals surface area (Å²) in [4.78, 5) is 0. The summed E-state index contributed by atoms with van der Waals surface area (Å²) in [5.41, 5.74) is 0. The van der Waals surface area contributed by atoms with Crippen LogP contribution in [0.4, 0.5) is 0 Å². The van der Waals surface area contributed by atoms with Crippen LogP contribution in [0.1, 0.15) is 32.6 Å². The zero-order valence-corrected chi connectivity index (χ0v) is 9.29. The van der Waals surface area contributed by atoms with Gasteiger partial charge < -0.3 is 5.11 Å². The van der Waals surface area contributed by atoms with Crippen molar-refractivity contribution in [2.24, 2.45) is 11.1 Å². The Labute approximate surface area is 85.5 Å². The number of hydrogen-bond donors (Lipinski definition) is 2. The molecule has 0 spiro atoms. The Balaban J connectivity index is 3.69. The molecule has 0 amide bonds. The highest BCUT2D eigenvalue weighted by Gasteiger charge is 2.11. The second-order valence-corrected chi connectivity index (χ2v) is 4.54. The van der Waals surface area contributed by atoms with Gasteiger partial charge in [0.05, 0.1) is 6.61 Å². The van der Waals surface area contributed by atoms with Crippen LogP contribution < -0.4 is 5.14 Å². The summed E-state index contributed by atoms with van der Waals surface area (Å²) in [5, 5.41) is 13.6. The van der Waals surface area contributed by atoms with Gasteiger partial charge in [-0.2, -0.15) is 8.42 Å². The molecule has 6 heteroatoms. The van der Waals surface area contributed by atoms with Gasteiger partial charge in [0.1, 0.15) is 0 Å². The first-order chi connectivity index (χ1) is 6.49. The molecule has 0 aromatic carbocycles. The van der Waals surface area contributed by atoms with E-state index < -0.39 is 10.3 Å². The molecule has 0 aliphatic carbocycles. The molecule has 3 N–H and O–H groups in total. The largest absolute Gasteiger partial charge is 0.396 e. The van der Waals surface area contributed by atoms with Crippen LogP contribution in [0.3, 0.4) is 0 Å². The quantitative estimate of drug-likeness (QED) is 0.585. The lowest BCUT2D eigenvalue weighted by atomic mass is 10.0. The number of unbranched alkanes of at least 4 members (excludes halogenated alkanes) is 2. The van der Waals surface area contributed by atoms with Crippen LogP contribution in [0.15, 0.2) is 0 Å². The first kappa shape index (κ1) is 13.8. The third kappa shape index (κ3) is 8.43. The molecular weight excluding hydrogens is 206 g/mol. The fraction of sp³-hybridized carbons (Fsp3) is 1.00. The van der Waals surface area contributed by atoms with E-state index in [0.717, 1.165) is 25.7 Å². The minimum atomic E-state index is -3.87. The van der Waals surface area contributed by atoms with Crippen molar-refractivity contribution in [3.05, 3.63) is 0 Å². The molecule has 0 rings (SSSR count). The maximum atomic E-state index is 10.5. The van der Waals surface area contributed by atoms with E-state index in [1.807, 2.05) is 0 Å². The van der Waals surface area contributed by atoms with Crippen molar-refractivity contribution in [3.8, 4) is 0 Å². The minimum Gasteiger partial charge on any atom is -0.396 e. The Morgan fingerprint density at radius 3 is 2.50 bits per heavy atom. The number of aliphatic hydroxyl groups excluding tert-OH is 1. The van der Waals surface area contributed by atoms with Crippen molar-refractivity contribution < 1.29 is 17.7 Å². The molecule has 0 heterocycles. The van der Waals surface area contributed by atoms with Gasteiger partial charge in [-0.25, -0.2) is 5.14 Å². The summed E-state index contributed by atoms with van der Waals surface area (Å²) in [5.74, 6) is -0.139. The highest BCUT2D eigenvalue weighted by atomic mass is 32.2. The number of rotatable bonds is 8. The Morgan fingerprint density at radius 2 is 2.07 bits per heavy atom. The zero-order chi connectivity index (χ0) is 11.0. The normalized spacial score (nSPS) is 14.2. The van der Waals surface area contributed by atoms with Crippen molar-refractivity contribution in [2.45, 2.75) is 32.6 Å². The fourth-order valence-corrected chi connectivity index (χ4v) is 1.48. The van der Waals surface area contributed by atoms with E-state index in [0.29, 0.717) is 0 Å². The van der Waals surface area contributed by atoms with Crippen LogP contribution in [0, 0.1) is 5.92 Å². The average Bonchev–Trinajstić information content (AvgIpc) is 2.09. The predicted molar refractivity (Wildman–Crippen MR) is 53.8 cm³/mol. The Morgan fingerprint density at radius 1 is 1.43 bits per heavy atom. The molecule has 0 radical (unpaired) electrons. The lowest BCUT2D eigenvalue weighted by Gasteiger charge is -2.12. The second-order valence-electron chi connectivity index (χ2n) is 3.32. The molecule has 0 aromatic rings. The molecule has 0 bridgehead atoms. The van der Waals surface area contributed by atoms with Crippen molar-refractivity contribution in [2.75, 3.05) is 13.2 Å². The molecule has 14 heavy (non-hydrogen) atoms. The van der Waals surface area contributed by atoms with Gasteiger partial charge in [-0.3, -0.25) is 4.18 Å². The van der Waals surface area contributed by atoms with Gasteiger partial charge in [-0.1, -0.05) is 26.2 Å². The van der Waals surface area contributed by atoms with Crippen LogP contribution in [0.2, 0.25) is 0 Å². The summed E-state index contributed by atoms with van der Waals surface area (Å²) in [7, 11) is -3.87. The highest BCUT2D eigenvalue weighted by Crippen LogP contribution is 2.10. The van der Waals surface area contributed by atoms with E-state index in [9.17, 15) is 8.42 Å². The van der Waals surface area contributed by atoms with Crippen LogP contribution in [-0.4, -0.2) is 26.7 Å². The monoisotopic (exact) mass is 225 g/mol. The summed E-state index contributed by atoms with van der Waals surface area (Å²) < 4.78 is 25.3. The third-order valence-corrected chi connectivity index (χ3v) is 2.41. The van der Waals surface area contributed by atoms with Crippen molar-refractivity contribution in [3.63, 3.8) is 0 Å². The topological polar surface area (TPSA) is 89.6 Å². The van der Waals surface area contributed by atoms with E-state index in [2.05, 4.69) is 16.2 Å². The van der Waals surface area contributed by atoms with Gasteiger partial charge >= 0.3 is 10.3 Å². The van der Waals surface area contributed by atoms with Crippen molar-refractivity contribution >= 4 is 10.3 Å². The van der Waals surface area contributed by atoms with Crippen LogP contribution in [-0.2, 0) is 14.5 Å². The first-order valence-corrected chi connectivity index (χ1v) is 6.24. The van der Waals surface area contributed by atoms with Gasteiger partial charge in [0.2, 0.25) is 0 Å². The Kier molecular flexibility index (Phi) is 7.08. The first-order valence-electron chi connectivity index (χ1n) is 4.77. The highest BCUT2D eigenvalue weighted by molar-refractivity contribution is 7.84. The Hall–Kier alpha value is -0.170. The van der Waals surface area contributed by atoms with Gasteiger partial charge in [-0.15, -0.1) is 0 Å². The molecule has 86 valence electrons. The van der Waals surface area contributed by atoms with E-state index >= 15 is 0 Å². The van der Waals surface area contributed by atoms with Crippen LogP contribution >= 0.6 is 0 Å². The van der Waals surface area contributed by atoms with Gasteiger partial charge in [0, 0.05) is 12.5 Å². The average molecular weight is 225 g/mol. The van der Waals surface area contributed by atoms with E-state index in [1.54, 1.807) is 0 Å². The zero-order valence-electron chi connectivity index (χ0n) is 8.48. The molecule has 0 aliphatic rings. The predicted octanol–water partition coefficient (Wildman–Crippen LogP) is 0.395. The number of hydrogen-bond acceptors (Lipinski definition) is 4. The van der Waals surface area contributed by atoms with E-state index in [4.69, 9.17) is 5.11 Å². The number of aliphatic hydroxyl groups is 1. The second kappa shape index (κ2) is 7.17. The van der Waals surface area contributed by atoms with E-state index in [-0.39, 0.29) is 19.1 Å². The molecule has 0 aliphatic heterocycles. The van der Waals surface area contributed by atoms with Crippen LogP contribution in [0.5, 0.6) is 0 Å². The summed E-state index contributed by atoms with van der Waals surface area (Å²) in [6, 6.07) is 0. The molecular formula is C8H19NO4S. The molecule has 0 saturated heterocycles. The van der Waals surface area contributed by atoms with Crippen LogP contribution in [0.25, 0.3) is 0 Å². The van der Waals surface area contributed by atoms with Gasteiger partial charge in [0.25, 0.3) is 0 Å². The maximum absolute atomic E-state index is 10.5. The van der Waals surface area contributed by atoms with E-state index in [1.165, 1.54) is 0 Å². The maximum Gasteiger partial charge on any atom is 0.333 e. The standard InChI is InChI=1S/C8H19NO4S/c1-2-3-4-5-8(6-10)7-13-14(9,11)12/h8,10H,2-7H2,1H3,(H2,9,11,12). The van der Waals surface area contributed by atoms with Gasteiger partial charge in [-0.05, 0) is 6.42 Å². The lowest BCUT2D eigenvalue weighted by molar-refractivity contribution is 0.157. The summed E-state index contributed by atoms with van der Waals surface area (Å²) in [6.07, 6.45) is 3.90. The molecule has 5 nitrogen and oxygen atoms in total. The number of nitrogens with two attached hydrogens (primary N) is 1. The van der Waals surface area contributed by atoms with Gasteiger partial charge in [0.15, 0.2) is 0 Å². The smallest absolute Gasteiger partial charge is 0.333 e. The van der Waals surface area contributed by atoms with Crippen molar-refractivity contribution in [1.82, 2.24) is 0 Å². The summed E-state index contributed by atoms with van der Waals surface area (Å²) >= 11 is 0. The molecule has 1 unspecified atom stereocenters. The lowest BCUT2D eigenvalue weighted by Crippen LogP contribution is -2.22. The third-order valence-electron chi connectivity index (χ3n) is 1.94. The fourth-order valence-electron chi connectivity index (χ4n) is 1.10. The SMILES string of the molecule is CCCCCC(CO)COS(N)(=O)=O. The molecule has 1 atom stereocenters. The Bertz CT molecular complexity index is 227. The summed E-state index contributed by atoms with van der Waals surface area (Å²) in [6.45, 7) is 1.98. The minimum absolute atomic E-state index is 0.0287. The van der Waals surface area contributed by atoms with Crippen molar-refractivity contribution in [1.29, 1.82) is 0 Å². The molecule has 0 saturated carbocycles. The molecule has 0 aromatic heterocycles.